The summed E-state index contributed by atoms with van der Waals surface area (Å²) in [6.07, 6.45) is 5.36. The molecule has 0 spiro atoms. The summed E-state index contributed by atoms with van der Waals surface area (Å²) >= 11 is 1.46. The number of carbonyl (C=O) groups is 1. The molecule has 0 aliphatic carbocycles. The molecule has 1 amide bonds. The molecule has 0 atom stereocenters. The summed E-state index contributed by atoms with van der Waals surface area (Å²) in [7, 11) is 0. The molecule has 21 heavy (non-hydrogen) atoms. The van der Waals surface area contributed by atoms with Gasteiger partial charge in [0.2, 0.25) is 5.91 Å². The Morgan fingerprint density at radius 2 is 2.05 bits per heavy atom. The summed E-state index contributed by atoms with van der Waals surface area (Å²) in [5.41, 5.74) is 2.08. The largest absolute Gasteiger partial charge is 0.300 e. The first-order valence-corrected chi connectivity index (χ1v) is 7.32. The minimum Gasteiger partial charge on any atom is -0.300 e. The number of carbonyl (C=O) groups excluding carboxylic acids is 1. The molecule has 0 aliphatic rings. The first-order valence-electron chi connectivity index (χ1n) is 6.51. The Morgan fingerprint density at radius 1 is 1.24 bits per heavy atom. The Hall–Kier alpha value is -2.47. The van der Waals surface area contributed by atoms with Gasteiger partial charge in [-0.05, 0) is 12.5 Å². The molecule has 0 radical (unpaired) electrons. The van der Waals surface area contributed by atoms with Gasteiger partial charge in [-0.2, -0.15) is 5.10 Å². The molecule has 0 aliphatic heterocycles. The monoisotopic (exact) mass is 298 g/mol. The van der Waals surface area contributed by atoms with Crippen LogP contribution in [-0.2, 0) is 11.3 Å². The molecule has 6 heteroatoms. The van der Waals surface area contributed by atoms with E-state index in [-0.39, 0.29) is 12.5 Å². The van der Waals surface area contributed by atoms with Crippen molar-refractivity contribution in [2.24, 2.45) is 0 Å². The number of aryl methyl sites for hydroxylation is 1. The number of nitrogens with zero attached hydrogens (tertiary/aromatic N) is 3. The van der Waals surface area contributed by atoms with Crippen molar-refractivity contribution in [3.05, 3.63) is 53.8 Å². The van der Waals surface area contributed by atoms with Crippen molar-refractivity contribution in [3.63, 3.8) is 0 Å². The molecule has 0 saturated carbocycles. The highest BCUT2D eigenvalue weighted by Gasteiger charge is 2.08. The van der Waals surface area contributed by atoms with E-state index in [0.29, 0.717) is 5.13 Å². The number of nitrogens with one attached hydrogen (secondary N) is 1. The molecule has 2 heterocycles. The highest BCUT2D eigenvalue weighted by atomic mass is 32.1. The molecular formula is C15H14N4OS. The van der Waals surface area contributed by atoms with Crippen molar-refractivity contribution in [2.75, 3.05) is 5.32 Å². The van der Waals surface area contributed by atoms with Gasteiger partial charge >= 0.3 is 0 Å². The number of benzene rings is 1. The lowest BCUT2D eigenvalue weighted by atomic mass is 10.1. The van der Waals surface area contributed by atoms with Crippen molar-refractivity contribution in [2.45, 2.75) is 13.5 Å². The molecule has 1 aromatic carbocycles. The van der Waals surface area contributed by atoms with Crippen molar-refractivity contribution >= 4 is 22.4 Å². The lowest BCUT2D eigenvalue weighted by Crippen LogP contribution is -2.18. The number of amides is 1. The Bertz CT molecular complexity index is 748. The summed E-state index contributed by atoms with van der Waals surface area (Å²) in [4.78, 5) is 17.1. The van der Waals surface area contributed by atoms with Crippen molar-refractivity contribution in [1.82, 2.24) is 14.8 Å². The van der Waals surface area contributed by atoms with E-state index >= 15 is 0 Å². The summed E-state index contributed by atoms with van der Waals surface area (Å²) < 4.78 is 1.62. The second kappa shape index (κ2) is 5.88. The summed E-state index contributed by atoms with van der Waals surface area (Å²) in [5, 5.41) is 7.60. The van der Waals surface area contributed by atoms with Crippen molar-refractivity contribution in [3.8, 4) is 11.1 Å². The number of rotatable bonds is 4. The van der Waals surface area contributed by atoms with Gasteiger partial charge in [-0.1, -0.05) is 30.3 Å². The second-order valence-corrected chi connectivity index (χ2v) is 5.85. The summed E-state index contributed by atoms with van der Waals surface area (Å²) in [5.74, 6) is -0.132. The van der Waals surface area contributed by atoms with Crippen LogP contribution in [0.5, 0.6) is 0 Å². The van der Waals surface area contributed by atoms with Crippen LogP contribution in [0.15, 0.2) is 48.9 Å². The number of hydrogen-bond donors (Lipinski definition) is 1. The zero-order chi connectivity index (χ0) is 14.7. The van der Waals surface area contributed by atoms with Gasteiger partial charge in [0.15, 0.2) is 5.13 Å². The van der Waals surface area contributed by atoms with Crippen LogP contribution in [0, 0.1) is 6.92 Å². The molecular weight excluding hydrogens is 284 g/mol. The van der Waals surface area contributed by atoms with Crippen LogP contribution in [0.25, 0.3) is 11.1 Å². The van der Waals surface area contributed by atoms with Crippen LogP contribution >= 0.6 is 11.3 Å². The minimum absolute atomic E-state index is 0.132. The predicted molar refractivity (Wildman–Crippen MR) is 83.1 cm³/mol. The number of aromatic nitrogens is 3. The first-order chi connectivity index (χ1) is 10.2. The number of anilines is 1. The average Bonchev–Trinajstić information content (AvgIpc) is 3.09. The van der Waals surface area contributed by atoms with Gasteiger partial charge < -0.3 is 5.32 Å². The van der Waals surface area contributed by atoms with Gasteiger partial charge in [0, 0.05) is 22.8 Å². The molecule has 0 fully saturated rings. The maximum Gasteiger partial charge on any atom is 0.247 e. The molecule has 0 saturated heterocycles. The van der Waals surface area contributed by atoms with Gasteiger partial charge in [-0.3, -0.25) is 9.48 Å². The maximum atomic E-state index is 11.9. The first kappa shape index (κ1) is 13.5. The zero-order valence-corrected chi connectivity index (χ0v) is 12.3. The van der Waals surface area contributed by atoms with Crippen LogP contribution in [0.2, 0.25) is 0 Å². The van der Waals surface area contributed by atoms with Crippen molar-refractivity contribution in [1.29, 1.82) is 0 Å². The third-order valence-corrected chi connectivity index (χ3v) is 3.74. The molecule has 3 rings (SSSR count). The molecule has 5 nitrogen and oxygen atoms in total. The van der Waals surface area contributed by atoms with Crippen LogP contribution in [0.1, 0.15) is 4.88 Å². The van der Waals surface area contributed by atoms with E-state index in [4.69, 9.17) is 0 Å². The molecule has 0 unspecified atom stereocenters. The second-order valence-electron chi connectivity index (χ2n) is 4.62. The Balaban J connectivity index is 1.66. The average molecular weight is 298 g/mol. The fraction of sp³-hybridized carbons (Fsp3) is 0.133. The normalized spacial score (nSPS) is 10.5. The van der Waals surface area contributed by atoms with Gasteiger partial charge in [-0.25, -0.2) is 4.98 Å². The molecule has 0 bridgehead atoms. The highest BCUT2D eigenvalue weighted by Crippen LogP contribution is 2.18. The van der Waals surface area contributed by atoms with E-state index in [1.807, 2.05) is 43.5 Å². The number of thiazole rings is 1. The smallest absolute Gasteiger partial charge is 0.247 e. The van der Waals surface area contributed by atoms with E-state index in [9.17, 15) is 4.79 Å². The van der Waals surface area contributed by atoms with Crippen LogP contribution < -0.4 is 5.32 Å². The van der Waals surface area contributed by atoms with Gasteiger partial charge in [-0.15, -0.1) is 11.3 Å². The lowest BCUT2D eigenvalue weighted by molar-refractivity contribution is -0.116. The lowest BCUT2D eigenvalue weighted by Gasteiger charge is -2.01. The van der Waals surface area contributed by atoms with Crippen LogP contribution in [0.3, 0.4) is 0 Å². The van der Waals surface area contributed by atoms with E-state index in [1.54, 1.807) is 17.1 Å². The topological polar surface area (TPSA) is 59.8 Å². The Morgan fingerprint density at radius 3 is 2.76 bits per heavy atom. The molecule has 1 N–H and O–H groups in total. The van der Waals surface area contributed by atoms with E-state index in [0.717, 1.165) is 16.0 Å². The minimum atomic E-state index is -0.132. The van der Waals surface area contributed by atoms with Gasteiger partial charge in [0.1, 0.15) is 6.54 Å². The maximum absolute atomic E-state index is 11.9. The number of hydrogen-bond acceptors (Lipinski definition) is 4. The van der Waals surface area contributed by atoms with E-state index in [1.165, 1.54) is 11.3 Å². The zero-order valence-electron chi connectivity index (χ0n) is 11.5. The molecule has 2 aromatic heterocycles. The fourth-order valence-electron chi connectivity index (χ4n) is 1.95. The van der Waals surface area contributed by atoms with E-state index in [2.05, 4.69) is 15.4 Å². The summed E-state index contributed by atoms with van der Waals surface area (Å²) in [6.45, 7) is 2.12. The fourth-order valence-corrected chi connectivity index (χ4v) is 2.63. The third-order valence-electron chi connectivity index (χ3n) is 2.91. The summed E-state index contributed by atoms with van der Waals surface area (Å²) in [6, 6.07) is 9.95. The van der Waals surface area contributed by atoms with Gasteiger partial charge in [0.25, 0.3) is 0 Å². The predicted octanol–water partition coefficient (Wildman–Crippen LogP) is 2.95. The Labute approximate surface area is 126 Å². The van der Waals surface area contributed by atoms with E-state index < -0.39 is 0 Å². The molecule has 106 valence electrons. The van der Waals surface area contributed by atoms with Crippen molar-refractivity contribution < 1.29 is 4.79 Å². The van der Waals surface area contributed by atoms with Gasteiger partial charge in [0.05, 0.1) is 6.20 Å². The van der Waals surface area contributed by atoms with Crippen LogP contribution in [-0.4, -0.2) is 20.7 Å². The van der Waals surface area contributed by atoms with Crippen LogP contribution in [0.4, 0.5) is 5.13 Å². The Kier molecular flexibility index (Phi) is 3.79. The quantitative estimate of drug-likeness (QED) is 0.805. The highest BCUT2D eigenvalue weighted by molar-refractivity contribution is 7.15. The molecule has 3 aromatic rings. The SMILES string of the molecule is Cc1cnc(NC(=O)Cn2cc(-c3ccccc3)cn2)s1. The third kappa shape index (κ3) is 3.35. The standard InChI is InChI=1S/C15H14N4OS/c1-11-7-16-15(21-11)18-14(20)10-19-9-13(8-17-19)12-5-3-2-4-6-12/h2-9H,10H2,1H3,(H,16,18,20).